The first-order chi connectivity index (χ1) is 8.99. The molecule has 19 heavy (non-hydrogen) atoms. The average molecular weight is 268 g/mol. The third-order valence-corrected chi connectivity index (χ3v) is 2.47. The summed E-state index contributed by atoms with van der Waals surface area (Å²) in [5, 5.41) is 4.01. The van der Waals surface area contributed by atoms with E-state index in [4.69, 9.17) is 10.5 Å². The van der Waals surface area contributed by atoms with E-state index in [2.05, 4.69) is 5.10 Å². The van der Waals surface area contributed by atoms with Crippen molar-refractivity contribution in [3.63, 3.8) is 0 Å². The molecule has 1 heterocycles. The van der Waals surface area contributed by atoms with Crippen LogP contribution in [0.4, 0.5) is 5.69 Å². The topological polar surface area (TPSA) is 90.5 Å². The summed E-state index contributed by atoms with van der Waals surface area (Å²) in [5.41, 5.74) is 6.19. The molecule has 0 fully saturated rings. The lowest BCUT2D eigenvalue weighted by atomic mass is 10.3. The molecular weight excluding hydrogens is 248 g/mol. The molecule has 106 valence electrons. The van der Waals surface area contributed by atoms with Crippen molar-refractivity contribution in [2.75, 3.05) is 25.4 Å². The van der Waals surface area contributed by atoms with E-state index in [0.29, 0.717) is 18.8 Å². The number of esters is 1. The first kappa shape index (κ1) is 15.0. The Hall–Kier alpha value is -2.05. The zero-order valence-electron chi connectivity index (χ0n) is 11.5. The molecule has 0 bridgehead atoms. The van der Waals surface area contributed by atoms with Gasteiger partial charge in [0, 0.05) is 19.8 Å². The van der Waals surface area contributed by atoms with Crippen LogP contribution in [0.1, 0.15) is 30.8 Å². The van der Waals surface area contributed by atoms with Crippen LogP contribution in [0.25, 0.3) is 0 Å². The Labute approximate surface area is 112 Å². The number of aromatic nitrogens is 2. The fraction of sp³-hybridized carbons (Fsp3) is 0.583. The second-order valence-corrected chi connectivity index (χ2v) is 4.14. The fourth-order valence-electron chi connectivity index (χ4n) is 1.71. The summed E-state index contributed by atoms with van der Waals surface area (Å²) in [6, 6.07) is 0. The number of nitrogen functional groups attached to an aromatic ring is 1. The Morgan fingerprint density at radius 1 is 1.47 bits per heavy atom. The third-order valence-electron chi connectivity index (χ3n) is 2.47. The van der Waals surface area contributed by atoms with E-state index in [1.54, 1.807) is 20.2 Å². The van der Waals surface area contributed by atoms with Crippen LogP contribution in [-0.2, 0) is 16.6 Å². The molecule has 0 aliphatic rings. The van der Waals surface area contributed by atoms with Crippen LogP contribution >= 0.6 is 0 Å². The van der Waals surface area contributed by atoms with Crippen LogP contribution in [-0.4, -0.2) is 46.3 Å². The molecule has 0 spiro atoms. The predicted octanol–water partition coefficient (Wildman–Crippen LogP) is 0.418. The minimum absolute atomic E-state index is 0.0868. The smallest absolute Gasteiger partial charge is 0.325 e. The summed E-state index contributed by atoms with van der Waals surface area (Å²) in [7, 11) is 1.68. The van der Waals surface area contributed by atoms with Gasteiger partial charge in [-0.2, -0.15) is 5.10 Å². The van der Waals surface area contributed by atoms with Gasteiger partial charge in [-0.1, -0.05) is 6.92 Å². The number of aryl methyl sites for hydroxylation is 1. The molecule has 0 aromatic carbocycles. The number of nitrogens with two attached hydrogens (primary N) is 1. The molecule has 0 aliphatic heterocycles. The number of hydrogen-bond acceptors (Lipinski definition) is 5. The molecule has 1 aromatic heterocycles. The van der Waals surface area contributed by atoms with Crippen LogP contribution in [0.2, 0.25) is 0 Å². The quantitative estimate of drug-likeness (QED) is 0.755. The van der Waals surface area contributed by atoms with Gasteiger partial charge in [0.25, 0.3) is 5.91 Å². The number of anilines is 1. The van der Waals surface area contributed by atoms with Crippen molar-refractivity contribution in [3.8, 4) is 0 Å². The predicted molar refractivity (Wildman–Crippen MR) is 70.4 cm³/mol. The largest absolute Gasteiger partial charge is 0.465 e. The van der Waals surface area contributed by atoms with Gasteiger partial charge in [-0.25, -0.2) is 0 Å². The third kappa shape index (κ3) is 3.97. The number of ether oxygens (including phenoxy) is 1. The van der Waals surface area contributed by atoms with Crippen LogP contribution in [0.5, 0.6) is 0 Å². The summed E-state index contributed by atoms with van der Waals surface area (Å²) < 4.78 is 6.32. The number of nitrogens with zero attached hydrogens (tertiary/aromatic N) is 3. The van der Waals surface area contributed by atoms with Crippen molar-refractivity contribution in [1.29, 1.82) is 0 Å². The molecule has 1 amide bonds. The van der Waals surface area contributed by atoms with E-state index in [-0.39, 0.29) is 18.1 Å². The summed E-state index contributed by atoms with van der Waals surface area (Å²) in [4.78, 5) is 25.2. The number of carbonyl (C=O) groups excluding carboxylic acids is 2. The molecule has 0 atom stereocenters. The van der Waals surface area contributed by atoms with E-state index in [9.17, 15) is 9.59 Å². The lowest BCUT2D eigenvalue weighted by molar-refractivity contribution is -0.143. The van der Waals surface area contributed by atoms with Gasteiger partial charge in [0.15, 0.2) is 5.69 Å². The van der Waals surface area contributed by atoms with E-state index in [1.807, 2.05) is 6.92 Å². The highest BCUT2D eigenvalue weighted by Gasteiger charge is 2.23. The first-order valence-electron chi connectivity index (χ1n) is 6.23. The highest BCUT2D eigenvalue weighted by atomic mass is 16.5. The minimum atomic E-state index is -0.432. The molecule has 0 unspecified atom stereocenters. The zero-order valence-corrected chi connectivity index (χ0v) is 11.5. The Balaban J connectivity index is 2.83. The van der Waals surface area contributed by atoms with E-state index >= 15 is 0 Å². The molecule has 0 saturated heterocycles. The Kier molecular flexibility index (Phi) is 5.35. The van der Waals surface area contributed by atoms with Crippen molar-refractivity contribution >= 4 is 17.6 Å². The summed E-state index contributed by atoms with van der Waals surface area (Å²) in [6.45, 7) is 4.30. The van der Waals surface area contributed by atoms with Gasteiger partial charge in [0.2, 0.25) is 0 Å². The highest BCUT2D eigenvalue weighted by molar-refractivity contribution is 5.98. The minimum Gasteiger partial charge on any atom is -0.465 e. The number of amides is 1. The number of rotatable bonds is 6. The van der Waals surface area contributed by atoms with Gasteiger partial charge in [0.05, 0.1) is 12.3 Å². The van der Waals surface area contributed by atoms with Gasteiger partial charge in [0.1, 0.15) is 6.54 Å². The molecule has 7 heteroatoms. The van der Waals surface area contributed by atoms with E-state index < -0.39 is 5.97 Å². The molecule has 0 radical (unpaired) electrons. The molecule has 1 aromatic rings. The number of carbonyl (C=O) groups is 2. The zero-order chi connectivity index (χ0) is 14.4. The Bertz CT molecular complexity index is 456. The van der Waals surface area contributed by atoms with Gasteiger partial charge in [-0.05, 0) is 13.3 Å². The standard InChI is InChI=1S/C12H20N4O3/c1-4-6-16(8-10(17)19-5-2)12(18)11-9(13)7-15(3)14-11/h7H,4-6,8,13H2,1-3H3. The molecule has 0 saturated carbocycles. The van der Waals surface area contributed by atoms with Crippen molar-refractivity contribution in [3.05, 3.63) is 11.9 Å². The van der Waals surface area contributed by atoms with Gasteiger partial charge in [-0.15, -0.1) is 0 Å². The maximum atomic E-state index is 12.3. The fourth-order valence-corrected chi connectivity index (χ4v) is 1.71. The maximum absolute atomic E-state index is 12.3. The van der Waals surface area contributed by atoms with Crippen LogP contribution < -0.4 is 5.73 Å². The number of hydrogen-bond donors (Lipinski definition) is 1. The second-order valence-electron chi connectivity index (χ2n) is 4.14. The maximum Gasteiger partial charge on any atom is 0.325 e. The first-order valence-corrected chi connectivity index (χ1v) is 6.23. The van der Waals surface area contributed by atoms with Crippen molar-refractivity contribution in [2.24, 2.45) is 7.05 Å². The van der Waals surface area contributed by atoms with Crippen LogP contribution in [0.15, 0.2) is 6.20 Å². The molecule has 1 rings (SSSR count). The second kappa shape index (κ2) is 6.77. The Morgan fingerprint density at radius 3 is 2.63 bits per heavy atom. The van der Waals surface area contributed by atoms with Crippen LogP contribution in [0, 0.1) is 0 Å². The summed E-state index contributed by atoms with van der Waals surface area (Å²) in [6.07, 6.45) is 2.29. The van der Waals surface area contributed by atoms with E-state index in [1.165, 1.54) is 9.58 Å². The molecular formula is C12H20N4O3. The molecule has 7 nitrogen and oxygen atoms in total. The lowest BCUT2D eigenvalue weighted by Crippen LogP contribution is -2.37. The van der Waals surface area contributed by atoms with Gasteiger partial charge in [-0.3, -0.25) is 14.3 Å². The monoisotopic (exact) mass is 268 g/mol. The van der Waals surface area contributed by atoms with E-state index in [0.717, 1.165) is 6.42 Å². The molecule has 2 N–H and O–H groups in total. The van der Waals surface area contributed by atoms with Crippen molar-refractivity contribution in [1.82, 2.24) is 14.7 Å². The Morgan fingerprint density at radius 2 is 2.16 bits per heavy atom. The summed E-state index contributed by atoms with van der Waals surface area (Å²) in [5.74, 6) is -0.785. The summed E-state index contributed by atoms with van der Waals surface area (Å²) >= 11 is 0. The van der Waals surface area contributed by atoms with Gasteiger partial charge < -0.3 is 15.4 Å². The SMILES string of the molecule is CCCN(CC(=O)OCC)C(=O)c1nn(C)cc1N. The van der Waals surface area contributed by atoms with Crippen LogP contribution in [0.3, 0.4) is 0 Å². The van der Waals surface area contributed by atoms with Crippen molar-refractivity contribution < 1.29 is 14.3 Å². The van der Waals surface area contributed by atoms with Gasteiger partial charge >= 0.3 is 5.97 Å². The lowest BCUT2D eigenvalue weighted by Gasteiger charge is -2.20. The average Bonchev–Trinajstić information content (AvgIpc) is 2.67. The van der Waals surface area contributed by atoms with Crippen molar-refractivity contribution in [2.45, 2.75) is 20.3 Å². The normalized spacial score (nSPS) is 10.3. The highest BCUT2D eigenvalue weighted by Crippen LogP contribution is 2.12. The molecule has 0 aliphatic carbocycles.